The number of hydrogen-bond donors (Lipinski definition) is 1. The third-order valence-electron chi connectivity index (χ3n) is 3.17. The maximum absolute atomic E-state index is 12.1. The van der Waals surface area contributed by atoms with E-state index in [-0.39, 0.29) is 11.1 Å². The van der Waals surface area contributed by atoms with Crippen molar-refractivity contribution < 1.29 is 9.90 Å². The van der Waals surface area contributed by atoms with Gasteiger partial charge in [-0.25, -0.2) is 9.78 Å². The first-order valence-corrected chi connectivity index (χ1v) is 6.63. The first-order valence-electron chi connectivity index (χ1n) is 6.63. The number of carboxylic acid groups (broad SMARTS) is 1. The van der Waals surface area contributed by atoms with Crippen LogP contribution >= 0.6 is 0 Å². The van der Waals surface area contributed by atoms with Crippen LogP contribution in [0.3, 0.4) is 0 Å². The van der Waals surface area contributed by atoms with Crippen LogP contribution in [0.15, 0.2) is 59.5 Å². The van der Waals surface area contributed by atoms with E-state index in [2.05, 4.69) is 4.98 Å². The van der Waals surface area contributed by atoms with Crippen molar-refractivity contribution in [1.82, 2.24) is 9.38 Å². The first kappa shape index (κ1) is 13.8. The van der Waals surface area contributed by atoms with Crippen LogP contribution in [0.25, 0.3) is 17.8 Å². The molecule has 0 radical (unpaired) electrons. The molecule has 0 spiro atoms. The number of hydrogen-bond acceptors (Lipinski definition) is 3. The molecule has 5 heteroatoms. The summed E-state index contributed by atoms with van der Waals surface area (Å²) in [5, 5.41) is 8.95. The highest BCUT2D eigenvalue weighted by molar-refractivity contribution is 5.87. The minimum atomic E-state index is -1.08. The fraction of sp³-hybridized carbons (Fsp3) is 0. The van der Waals surface area contributed by atoms with Gasteiger partial charge in [0, 0.05) is 12.3 Å². The standard InChI is InChI=1S/C17H12N2O3/c20-16-10-14(8-6-12-4-2-1-3-5-12)18-15-9-7-13(17(21)22)11-19(15)16/h1-11H,(H,21,22). The van der Waals surface area contributed by atoms with E-state index in [0.29, 0.717) is 11.3 Å². The van der Waals surface area contributed by atoms with Crippen molar-refractivity contribution in [3.63, 3.8) is 0 Å². The van der Waals surface area contributed by atoms with Crippen LogP contribution in [0.4, 0.5) is 0 Å². The summed E-state index contributed by atoms with van der Waals surface area (Å²) in [6.45, 7) is 0. The van der Waals surface area contributed by atoms with Crippen LogP contribution in [-0.2, 0) is 0 Å². The summed E-state index contributed by atoms with van der Waals surface area (Å²) in [5.74, 6) is -1.08. The summed E-state index contributed by atoms with van der Waals surface area (Å²) in [6, 6.07) is 14.0. The van der Waals surface area contributed by atoms with Gasteiger partial charge >= 0.3 is 5.97 Å². The van der Waals surface area contributed by atoms with E-state index in [9.17, 15) is 9.59 Å². The van der Waals surface area contributed by atoms with Gasteiger partial charge in [-0.15, -0.1) is 0 Å². The Morgan fingerprint density at radius 2 is 1.86 bits per heavy atom. The van der Waals surface area contributed by atoms with Gasteiger partial charge in [-0.2, -0.15) is 0 Å². The monoisotopic (exact) mass is 292 g/mol. The maximum atomic E-state index is 12.1. The Hall–Kier alpha value is -3.21. The molecule has 0 fully saturated rings. The molecule has 108 valence electrons. The molecule has 0 aliphatic heterocycles. The van der Waals surface area contributed by atoms with Crippen LogP contribution in [0.2, 0.25) is 0 Å². The fourth-order valence-electron chi connectivity index (χ4n) is 2.08. The second-order valence-corrected chi connectivity index (χ2v) is 4.71. The summed E-state index contributed by atoms with van der Waals surface area (Å²) in [4.78, 5) is 27.4. The quantitative estimate of drug-likeness (QED) is 0.805. The van der Waals surface area contributed by atoms with Crippen LogP contribution in [0, 0.1) is 0 Å². The van der Waals surface area contributed by atoms with Crippen LogP contribution in [0.5, 0.6) is 0 Å². The average Bonchev–Trinajstić information content (AvgIpc) is 2.53. The molecule has 0 amide bonds. The maximum Gasteiger partial charge on any atom is 0.337 e. The molecule has 3 rings (SSSR count). The molecular formula is C17H12N2O3. The van der Waals surface area contributed by atoms with Crippen molar-refractivity contribution in [1.29, 1.82) is 0 Å². The lowest BCUT2D eigenvalue weighted by Crippen LogP contribution is -2.15. The Morgan fingerprint density at radius 3 is 2.59 bits per heavy atom. The number of fused-ring (bicyclic) bond motifs is 1. The normalized spacial score (nSPS) is 11.1. The van der Waals surface area contributed by atoms with E-state index < -0.39 is 5.97 Å². The molecule has 2 heterocycles. The summed E-state index contributed by atoms with van der Waals surface area (Å²) < 4.78 is 1.23. The van der Waals surface area contributed by atoms with E-state index in [1.165, 1.54) is 28.8 Å². The Balaban J connectivity index is 2.03. The summed E-state index contributed by atoms with van der Waals surface area (Å²) in [6.07, 6.45) is 4.89. The molecule has 1 aromatic carbocycles. The molecule has 0 unspecified atom stereocenters. The summed E-state index contributed by atoms with van der Waals surface area (Å²) in [7, 11) is 0. The molecule has 0 aliphatic rings. The predicted octanol–water partition coefficient (Wildman–Crippen LogP) is 2.56. The molecular weight excluding hydrogens is 280 g/mol. The molecule has 3 aromatic rings. The van der Waals surface area contributed by atoms with Crippen molar-refractivity contribution in [2.45, 2.75) is 0 Å². The van der Waals surface area contributed by atoms with Gasteiger partial charge in [-0.05, 0) is 23.8 Å². The Kier molecular flexibility index (Phi) is 3.53. The molecule has 5 nitrogen and oxygen atoms in total. The third kappa shape index (κ3) is 2.78. The van der Waals surface area contributed by atoms with Gasteiger partial charge in [0.25, 0.3) is 5.56 Å². The van der Waals surface area contributed by atoms with E-state index >= 15 is 0 Å². The SMILES string of the molecule is O=C(O)c1ccc2nc(C=Cc3ccccc3)cc(=O)n2c1. The van der Waals surface area contributed by atoms with Gasteiger partial charge < -0.3 is 5.11 Å². The number of rotatable bonds is 3. The zero-order valence-corrected chi connectivity index (χ0v) is 11.5. The van der Waals surface area contributed by atoms with Gasteiger partial charge in [0.1, 0.15) is 5.65 Å². The molecule has 0 saturated carbocycles. The van der Waals surface area contributed by atoms with E-state index in [4.69, 9.17) is 5.11 Å². The Bertz CT molecular complexity index is 928. The molecule has 0 saturated heterocycles. The summed E-state index contributed by atoms with van der Waals surface area (Å²) >= 11 is 0. The van der Waals surface area contributed by atoms with E-state index in [1.807, 2.05) is 36.4 Å². The van der Waals surface area contributed by atoms with E-state index in [0.717, 1.165) is 5.56 Å². The minimum absolute atomic E-state index is 0.0453. The average molecular weight is 292 g/mol. The second-order valence-electron chi connectivity index (χ2n) is 4.71. The number of pyridine rings is 1. The molecule has 0 aliphatic carbocycles. The van der Waals surface area contributed by atoms with Gasteiger partial charge in [-0.1, -0.05) is 36.4 Å². The lowest BCUT2D eigenvalue weighted by molar-refractivity contribution is 0.0696. The lowest BCUT2D eigenvalue weighted by atomic mass is 10.2. The zero-order valence-electron chi connectivity index (χ0n) is 11.5. The fourth-order valence-corrected chi connectivity index (χ4v) is 2.08. The van der Waals surface area contributed by atoms with Gasteiger partial charge in [0.05, 0.1) is 11.3 Å². The zero-order chi connectivity index (χ0) is 15.5. The van der Waals surface area contributed by atoms with Gasteiger partial charge in [-0.3, -0.25) is 9.20 Å². The molecule has 0 atom stereocenters. The second kappa shape index (κ2) is 5.65. The Morgan fingerprint density at radius 1 is 1.09 bits per heavy atom. The number of aromatic carboxylic acids is 1. The van der Waals surface area contributed by atoms with Crippen molar-refractivity contribution in [2.24, 2.45) is 0 Å². The third-order valence-corrected chi connectivity index (χ3v) is 3.17. The number of nitrogens with zero attached hydrogens (tertiary/aromatic N) is 2. The van der Waals surface area contributed by atoms with Crippen LogP contribution < -0.4 is 5.56 Å². The van der Waals surface area contributed by atoms with Gasteiger partial charge in [0.15, 0.2) is 0 Å². The van der Waals surface area contributed by atoms with Crippen molar-refractivity contribution in [2.75, 3.05) is 0 Å². The first-order chi connectivity index (χ1) is 10.6. The number of carbonyl (C=O) groups is 1. The van der Waals surface area contributed by atoms with Gasteiger partial charge in [0.2, 0.25) is 0 Å². The highest BCUT2D eigenvalue weighted by Crippen LogP contribution is 2.07. The van der Waals surface area contributed by atoms with Crippen molar-refractivity contribution in [3.05, 3.63) is 81.9 Å². The number of aromatic nitrogens is 2. The topological polar surface area (TPSA) is 71.7 Å². The Labute approximate surface area is 125 Å². The highest BCUT2D eigenvalue weighted by Gasteiger charge is 2.06. The molecule has 0 bridgehead atoms. The minimum Gasteiger partial charge on any atom is -0.478 e. The highest BCUT2D eigenvalue weighted by atomic mass is 16.4. The van der Waals surface area contributed by atoms with E-state index in [1.54, 1.807) is 6.08 Å². The molecule has 1 N–H and O–H groups in total. The summed E-state index contributed by atoms with van der Waals surface area (Å²) in [5.41, 5.74) is 1.66. The number of benzene rings is 1. The van der Waals surface area contributed by atoms with Crippen LogP contribution in [-0.4, -0.2) is 20.5 Å². The largest absolute Gasteiger partial charge is 0.478 e. The number of carboxylic acids is 1. The van der Waals surface area contributed by atoms with Crippen molar-refractivity contribution >= 4 is 23.8 Å². The lowest BCUT2D eigenvalue weighted by Gasteiger charge is -2.02. The smallest absolute Gasteiger partial charge is 0.337 e. The van der Waals surface area contributed by atoms with Crippen LogP contribution in [0.1, 0.15) is 21.6 Å². The predicted molar refractivity (Wildman–Crippen MR) is 83.8 cm³/mol. The molecule has 2 aromatic heterocycles. The molecule has 22 heavy (non-hydrogen) atoms. The van der Waals surface area contributed by atoms with Crippen molar-refractivity contribution in [3.8, 4) is 0 Å².